The Bertz CT molecular complexity index is 411. The van der Waals surface area contributed by atoms with Crippen molar-refractivity contribution < 1.29 is 0 Å². The molecule has 0 aliphatic heterocycles. The third-order valence-corrected chi connectivity index (χ3v) is 4.71. The first-order valence-corrected chi connectivity index (χ1v) is 7.08. The highest BCUT2D eigenvalue weighted by Crippen LogP contribution is 2.29. The van der Waals surface area contributed by atoms with Crippen molar-refractivity contribution in [2.75, 3.05) is 7.05 Å². The van der Waals surface area contributed by atoms with E-state index in [2.05, 4.69) is 38.4 Å². The number of likely N-dealkylation sites (N-methyl/N-ethyl adjacent to an activating group) is 1. The van der Waals surface area contributed by atoms with Crippen LogP contribution in [0.5, 0.6) is 0 Å². The Hall–Kier alpha value is -0.230. The molecular weight excluding hydrogens is 292 g/mol. The van der Waals surface area contributed by atoms with Gasteiger partial charge in [0.1, 0.15) is 0 Å². The Morgan fingerprint density at radius 3 is 2.93 bits per heavy atom. The molecule has 1 N–H and O–H groups in total. The third-order valence-electron chi connectivity index (χ3n) is 2.17. The van der Waals surface area contributed by atoms with Crippen LogP contribution in [0.4, 0.5) is 0 Å². The molecule has 0 saturated carbocycles. The van der Waals surface area contributed by atoms with Crippen molar-refractivity contribution in [2.24, 2.45) is 0 Å². The molecular formula is C10H11BrN2S2. The molecule has 2 heterocycles. The normalized spacial score (nSPS) is 12.9. The van der Waals surface area contributed by atoms with Gasteiger partial charge in [0, 0.05) is 28.4 Å². The Balaban J connectivity index is 2.11. The molecule has 15 heavy (non-hydrogen) atoms. The Kier molecular flexibility index (Phi) is 3.91. The second kappa shape index (κ2) is 5.21. The van der Waals surface area contributed by atoms with Gasteiger partial charge in [-0.1, -0.05) is 0 Å². The maximum Gasteiger partial charge on any atom is 0.0794 e. The second-order valence-corrected chi connectivity index (χ2v) is 6.62. The van der Waals surface area contributed by atoms with Gasteiger partial charge in [-0.3, -0.25) is 4.98 Å². The van der Waals surface area contributed by atoms with Crippen LogP contribution in [0.15, 0.2) is 27.6 Å². The van der Waals surface area contributed by atoms with E-state index in [4.69, 9.17) is 0 Å². The molecule has 80 valence electrons. The second-order valence-electron chi connectivity index (χ2n) is 3.16. The smallest absolute Gasteiger partial charge is 0.0794 e. The summed E-state index contributed by atoms with van der Waals surface area (Å²) in [4.78, 5) is 6.77. The summed E-state index contributed by atoms with van der Waals surface area (Å²) in [5.74, 6) is 0. The van der Waals surface area contributed by atoms with Gasteiger partial charge in [0.2, 0.25) is 0 Å². The lowest BCUT2D eigenvalue weighted by molar-refractivity contribution is 0.606. The predicted molar refractivity (Wildman–Crippen MR) is 69.6 cm³/mol. The third kappa shape index (κ3) is 2.87. The molecule has 0 bridgehead atoms. The fraction of sp³-hybridized carbons (Fsp3) is 0.300. The van der Waals surface area contributed by atoms with Gasteiger partial charge in [0.25, 0.3) is 0 Å². The van der Waals surface area contributed by atoms with Gasteiger partial charge in [0.05, 0.1) is 9.30 Å². The molecule has 1 atom stereocenters. The highest BCUT2D eigenvalue weighted by Gasteiger charge is 2.12. The molecule has 0 aliphatic rings. The number of hydrogen-bond donors (Lipinski definition) is 1. The Morgan fingerprint density at radius 1 is 1.53 bits per heavy atom. The minimum absolute atomic E-state index is 0.391. The summed E-state index contributed by atoms with van der Waals surface area (Å²) in [6.45, 7) is 0. The summed E-state index contributed by atoms with van der Waals surface area (Å²) in [7, 11) is 2.00. The van der Waals surface area contributed by atoms with Gasteiger partial charge in [-0.25, -0.2) is 0 Å². The van der Waals surface area contributed by atoms with Gasteiger partial charge < -0.3 is 5.32 Å². The SMILES string of the molecule is CNC(Cc1cncs1)c1ccc(Br)s1. The zero-order valence-electron chi connectivity index (χ0n) is 8.24. The van der Waals surface area contributed by atoms with Crippen molar-refractivity contribution in [3.8, 4) is 0 Å². The fourth-order valence-corrected chi connectivity index (χ4v) is 3.58. The molecule has 1 unspecified atom stereocenters. The maximum absolute atomic E-state index is 4.09. The predicted octanol–water partition coefficient (Wildman–Crippen LogP) is 3.47. The molecule has 0 aromatic carbocycles. The first-order valence-electron chi connectivity index (χ1n) is 4.59. The molecule has 0 spiro atoms. The van der Waals surface area contributed by atoms with Gasteiger partial charge in [-0.2, -0.15) is 0 Å². The summed E-state index contributed by atoms with van der Waals surface area (Å²) < 4.78 is 1.18. The van der Waals surface area contributed by atoms with E-state index < -0.39 is 0 Å². The average Bonchev–Trinajstić information content (AvgIpc) is 2.85. The van der Waals surface area contributed by atoms with E-state index in [-0.39, 0.29) is 0 Å². The number of nitrogens with one attached hydrogen (secondary N) is 1. The zero-order valence-corrected chi connectivity index (χ0v) is 11.5. The maximum atomic E-state index is 4.09. The van der Waals surface area contributed by atoms with E-state index in [0.717, 1.165) is 6.42 Å². The van der Waals surface area contributed by atoms with Crippen LogP contribution >= 0.6 is 38.6 Å². The summed E-state index contributed by atoms with van der Waals surface area (Å²) in [6, 6.07) is 4.65. The zero-order chi connectivity index (χ0) is 10.7. The largest absolute Gasteiger partial charge is 0.312 e. The fourth-order valence-electron chi connectivity index (χ4n) is 1.40. The van der Waals surface area contributed by atoms with Gasteiger partial charge in [0.15, 0.2) is 0 Å². The van der Waals surface area contributed by atoms with E-state index in [9.17, 15) is 0 Å². The van der Waals surface area contributed by atoms with E-state index in [1.807, 2.05) is 18.8 Å². The minimum atomic E-state index is 0.391. The van der Waals surface area contributed by atoms with Crippen molar-refractivity contribution in [1.29, 1.82) is 0 Å². The average molecular weight is 303 g/mol. The highest BCUT2D eigenvalue weighted by molar-refractivity contribution is 9.11. The number of thiophene rings is 1. The molecule has 5 heteroatoms. The molecule has 0 radical (unpaired) electrons. The lowest BCUT2D eigenvalue weighted by atomic mass is 10.1. The van der Waals surface area contributed by atoms with Crippen molar-refractivity contribution >= 4 is 38.6 Å². The van der Waals surface area contributed by atoms with Crippen LogP contribution in [0.2, 0.25) is 0 Å². The molecule has 0 amide bonds. The van der Waals surface area contributed by atoms with Crippen LogP contribution in [0.3, 0.4) is 0 Å². The molecule has 2 aromatic rings. The number of nitrogens with zero attached hydrogens (tertiary/aromatic N) is 1. The van der Waals surface area contributed by atoms with E-state index in [0.29, 0.717) is 6.04 Å². The van der Waals surface area contributed by atoms with Crippen LogP contribution < -0.4 is 5.32 Å². The monoisotopic (exact) mass is 302 g/mol. The molecule has 2 nitrogen and oxygen atoms in total. The number of aromatic nitrogens is 1. The summed E-state index contributed by atoms with van der Waals surface area (Å²) in [5.41, 5.74) is 1.88. The number of halogens is 1. The van der Waals surface area contributed by atoms with Crippen LogP contribution in [-0.4, -0.2) is 12.0 Å². The molecule has 2 aromatic heterocycles. The quantitative estimate of drug-likeness (QED) is 0.935. The van der Waals surface area contributed by atoms with E-state index >= 15 is 0 Å². The standard InChI is InChI=1S/C10H11BrN2S2/c1-12-8(4-7-5-13-6-14-7)9-2-3-10(11)15-9/h2-3,5-6,8,12H,4H2,1H3. The lowest BCUT2D eigenvalue weighted by Gasteiger charge is -2.12. The summed E-state index contributed by atoms with van der Waals surface area (Å²) in [5, 5.41) is 3.34. The topological polar surface area (TPSA) is 24.9 Å². The van der Waals surface area contributed by atoms with Crippen LogP contribution in [0.1, 0.15) is 15.8 Å². The first kappa shape index (κ1) is 11.3. The minimum Gasteiger partial charge on any atom is -0.312 e. The van der Waals surface area contributed by atoms with Gasteiger partial charge >= 0.3 is 0 Å². The van der Waals surface area contributed by atoms with Crippen LogP contribution in [0.25, 0.3) is 0 Å². The van der Waals surface area contributed by atoms with Crippen molar-refractivity contribution in [2.45, 2.75) is 12.5 Å². The molecule has 2 rings (SSSR count). The van der Waals surface area contributed by atoms with Crippen molar-refractivity contribution in [3.63, 3.8) is 0 Å². The Morgan fingerprint density at radius 2 is 2.40 bits per heavy atom. The summed E-state index contributed by atoms with van der Waals surface area (Å²) >= 11 is 6.98. The van der Waals surface area contributed by atoms with Crippen molar-refractivity contribution in [3.05, 3.63) is 37.4 Å². The van der Waals surface area contributed by atoms with E-state index in [1.54, 1.807) is 22.7 Å². The van der Waals surface area contributed by atoms with Crippen LogP contribution in [-0.2, 0) is 6.42 Å². The molecule has 0 fully saturated rings. The van der Waals surface area contributed by atoms with E-state index in [1.165, 1.54) is 13.5 Å². The number of thiazole rings is 1. The summed E-state index contributed by atoms with van der Waals surface area (Å²) in [6.07, 6.45) is 2.95. The molecule has 0 aliphatic carbocycles. The van der Waals surface area contributed by atoms with Crippen molar-refractivity contribution in [1.82, 2.24) is 10.3 Å². The first-order chi connectivity index (χ1) is 7.29. The number of rotatable bonds is 4. The number of hydrogen-bond acceptors (Lipinski definition) is 4. The molecule has 0 saturated heterocycles. The van der Waals surface area contributed by atoms with Crippen LogP contribution in [0, 0.1) is 0 Å². The lowest BCUT2D eigenvalue weighted by Crippen LogP contribution is -2.17. The highest BCUT2D eigenvalue weighted by atomic mass is 79.9. The van der Waals surface area contributed by atoms with Gasteiger partial charge in [-0.05, 0) is 35.1 Å². The Labute approximate surface area is 106 Å². The van der Waals surface area contributed by atoms with Gasteiger partial charge in [-0.15, -0.1) is 22.7 Å².